The molecular formula is C29H32O8. The Kier molecular flexibility index (Phi) is 12.8. The molecule has 0 fully saturated rings. The molecule has 2 aromatic carbocycles. The third-order valence-electron chi connectivity index (χ3n) is 4.86. The maximum absolute atomic E-state index is 11.7. The molecule has 0 aliphatic carbocycles. The second-order valence-electron chi connectivity index (χ2n) is 7.74. The zero-order chi connectivity index (χ0) is 26.9. The molecular weight excluding hydrogens is 476 g/mol. The predicted octanol–water partition coefficient (Wildman–Crippen LogP) is 4.79. The van der Waals surface area contributed by atoms with Crippen LogP contribution in [0, 0.1) is 0 Å². The van der Waals surface area contributed by atoms with Crippen LogP contribution in [0.15, 0.2) is 73.3 Å². The van der Waals surface area contributed by atoms with Crippen LogP contribution in [0.1, 0.15) is 30.4 Å². The van der Waals surface area contributed by atoms with Crippen molar-refractivity contribution >= 4 is 30.1 Å². The van der Waals surface area contributed by atoms with Gasteiger partial charge in [0.25, 0.3) is 0 Å². The van der Waals surface area contributed by atoms with E-state index in [1.54, 1.807) is 0 Å². The van der Waals surface area contributed by atoms with Crippen LogP contribution in [0.4, 0.5) is 0 Å². The second kappa shape index (κ2) is 16.4. The maximum atomic E-state index is 11.7. The Bertz CT molecular complexity index is 1070. The highest BCUT2D eigenvalue weighted by Gasteiger charge is 2.13. The predicted molar refractivity (Wildman–Crippen MR) is 140 cm³/mol. The molecule has 0 aromatic heterocycles. The van der Waals surface area contributed by atoms with Gasteiger partial charge in [-0.15, -0.1) is 0 Å². The monoisotopic (exact) mass is 508 g/mol. The molecule has 0 bridgehead atoms. The Morgan fingerprint density at radius 3 is 1.70 bits per heavy atom. The van der Waals surface area contributed by atoms with Crippen LogP contribution < -0.4 is 9.47 Å². The minimum absolute atomic E-state index is 0.0568. The quantitative estimate of drug-likeness (QED) is 0.105. The Morgan fingerprint density at radius 2 is 1.24 bits per heavy atom. The summed E-state index contributed by atoms with van der Waals surface area (Å²) in [6, 6.07) is 15.3. The molecule has 37 heavy (non-hydrogen) atoms. The first kappa shape index (κ1) is 28.9. The van der Waals surface area contributed by atoms with Crippen LogP contribution in [0.2, 0.25) is 0 Å². The van der Waals surface area contributed by atoms with E-state index in [0.717, 1.165) is 23.0 Å². The largest absolute Gasteiger partial charge is 0.493 e. The fourth-order valence-corrected chi connectivity index (χ4v) is 2.86. The number of hydrogen-bond acceptors (Lipinski definition) is 8. The zero-order valence-electron chi connectivity index (χ0n) is 21.0. The highest BCUT2D eigenvalue weighted by Crippen LogP contribution is 2.17. The lowest BCUT2D eigenvalue weighted by molar-refractivity contribution is -0.144. The molecule has 2 aromatic rings. The topological polar surface area (TPSA) is 97.4 Å². The van der Waals surface area contributed by atoms with E-state index >= 15 is 0 Å². The summed E-state index contributed by atoms with van der Waals surface area (Å²) in [5, 5.41) is 0. The average Bonchev–Trinajstić information content (AvgIpc) is 2.92. The Labute approximate surface area is 217 Å². The number of methoxy groups -OCH3 is 1. The van der Waals surface area contributed by atoms with Crippen molar-refractivity contribution in [3.05, 3.63) is 84.5 Å². The van der Waals surface area contributed by atoms with E-state index in [9.17, 15) is 14.4 Å². The van der Waals surface area contributed by atoms with Gasteiger partial charge >= 0.3 is 17.9 Å². The minimum Gasteiger partial charge on any atom is -0.493 e. The summed E-state index contributed by atoms with van der Waals surface area (Å²) in [5.41, 5.74) is 2.09. The van der Waals surface area contributed by atoms with Gasteiger partial charge < -0.3 is 23.7 Å². The first-order valence-corrected chi connectivity index (χ1v) is 11.8. The molecule has 196 valence electrons. The fraction of sp³-hybridized carbons (Fsp3) is 0.276. The lowest BCUT2D eigenvalue weighted by Crippen LogP contribution is -2.13. The summed E-state index contributed by atoms with van der Waals surface area (Å²) in [7, 11) is 1.25. The van der Waals surface area contributed by atoms with Gasteiger partial charge in [0.05, 0.1) is 40.0 Å². The van der Waals surface area contributed by atoms with Crippen LogP contribution in [0.3, 0.4) is 0 Å². The third kappa shape index (κ3) is 11.8. The third-order valence-corrected chi connectivity index (χ3v) is 4.86. The van der Waals surface area contributed by atoms with E-state index in [4.69, 9.17) is 18.9 Å². The summed E-state index contributed by atoms with van der Waals surface area (Å²) in [5.74, 6) is -0.137. The van der Waals surface area contributed by atoms with Gasteiger partial charge in [-0.05, 0) is 35.4 Å². The normalized spacial score (nSPS) is 10.4. The van der Waals surface area contributed by atoms with Crippen LogP contribution in [-0.2, 0) is 28.6 Å². The molecule has 0 heterocycles. The van der Waals surface area contributed by atoms with Gasteiger partial charge in [-0.3, -0.25) is 4.79 Å². The summed E-state index contributed by atoms with van der Waals surface area (Å²) >= 11 is 0. The van der Waals surface area contributed by atoms with E-state index in [1.165, 1.54) is 7.11 Å². The molecule has 8 nitrogen and oxygen atoms in total. The lowest BCUT2D eigenvalue weighted by atomic mass is 10.1. The van der Waals surface area contributed by atoms with Crippen LogP contribution >= 0.6 is 0 Å². The maximum Gasteiger partial charge on any atom is 0.333 e. The smallest absolute Gasteiger partial charge is 0.333 e. The molecule has 0 aliphatic heterocycles. The summed E-state index contributed by atoms with van der Waals surface area (Å²) in [6.07, 6.45) is 6.04. The number of benzene rings is 2. The van der Waals surface area contributed by atoms with Crippen molar-refractivity contribution in [3.8, 4) is 11.5 Å². The Morgan fingerprint density at radius 1 is 0.757 bits per heavy atom. The van der Waals surface area contributed by atoms with E-state index in [2.05, 4.69) is 17.9 Å². The van der Waals surface area contributed by atoms with Gasteiger partial charge in [0.15, 0.2) is 0 Å². The molecule has 0 amide bonds. The van der Waals surface area contributed by atoms with Crippen LogP contribution in [0.25, 0.3) is 12.2 Å². The summed E-state index contributed by atoms with van der Waals surface area (Å²) < 4.78 is 25.8. The molecule has 0 saturated carbocycles. The van der Waals surface area contributed by atoms with Crippen molar-refractivity contribution < 1.29 is 38.1 Å². The van der Waals surface area contributed by atoms with Gasteiger partial charge in [0, 0.05) is 24.5 Å². The Balaban J connectivity index is 1.66. The van der Waals surface area contributed by atoms with E-state index < -0.39 is 17.9 Å². The summed E-state index contributed by atoms with van der Waals surface area (Å²) in [4.78, 5) is 33.9. The van der Waals surface area contributed by atoms with Gasteiger partial charge in [-0.25, -0.2) is 9.59 Å². The van der Waals surface area contributed by atoms with Gasteiger partial charge in [0.2, 0.25) is 0 Å². The standard InChI is InChI=1S/C29H32O8/c1-4-27(30)36-19-5-17-34-25-13-9-23(10-14-25)7-8-24-11-15-26(16-12-24)35-18-6-20-37-29(32)22(2)21-28(31)33-3/h4,7-16H,1-2,5-6,17-21H2,3H3/b8-7+. The van der Waals surface area contributed by atoms with Gasteiger partial charge in [-0.2, -0.15) is 0 Å². The average molecular weight is 509 g/mol. The molecule has 2 rings (SSSR count). The van der Waals surface area contributed by atoms with Crippen molar-refractivity contribution in [1.82, 2.24) is 0 Å². The molecule has 0 saturated heterocycles. The summed E-state index contributed by atoms with van der Waals surface area (Å²) in [6.45, 7) is 8.15. The molecule has 0 atom stereocenters. The van der Waals surface area contributed by atoms with Crippen LogP contribution in [-0.4, -0.2) is 51.4 Å². The van der Waals surface area contributed by atoms with Gasteiger partial charge in [-0.1, -0.05) is 49.6 Å². The lowest BCUT2D eigenvalue weighted by Gasteiger charge is -2.08. The SMILES string of the molecule is C=CC(=O)OCCCOc1ccc(/C=C/c2ccc(OCCCOC(=O)C(=C)CC(=O)OC)cc2)cc1. The van der Waals surface area contributed by atoms with Crippen LogP contribution in [0.5, 0.6) is 11.5 Å². The van der Waals surface area contributed by atoms with Crippen molar-refractivity contribution in [2.75, 3.05) is 33.5 Å². The molecule has 0 unspecified atom stereocenters. The Hall–Kier alpha value is -4.33. The number of esters is 3. The molecule has 0 N–H and O–H groups in total. The van der Waals surface area contributed by atoms with Crippen molar-refractivity contribution in [1.29, 1.82) is 0 Å². The number of rotatable bonds is 16. The van der Waals surface area contributed by atoms with E-state index in [-0.39, 0.29) is 18.6 Å². The van der Waals surface area contributed by atoms with Crippen molar-refractivity contribution in [3.63, 3.8) is 0 Å². The second-order valence-corrected chi connectivity index (χ2v) is 7.74. The molecule has 0 spiro atoms. The fourth-order valence-electron chi connectivity index (χ4n) is 2.86. The first-order chi connectivity index (χ1) is 17.9. The zero-order valence-corrected chi connectivity index (χ0v) is 21.0. The minimum atomic E-state index is -0.618. The highest BCUT2D eigenvalue weighted by molar-refractivity contribution is 5.93. The number of carbonyl (C=O) groups excluding carboxylic acids is 3. The first-order valence-electron chi connectivity index (χ1n) is 11.8. The van der Waals surface area contributed by atoms with E-state index in [1.807, 2.05) is 60.7 Å². The number of hydrogen-bond donors (Lipinski definition) is 0. The molecule has 0 radical (unpaired) electrons. The highest BCUT2D eigenvalue weighted by atomic mass is 16.5. The molecule has 8 heteroatoms. The van der Waals surface area contributed by atoms with E-state index in [0.29, 0.717) is 38.4 Å². The number of carbonyl (C=O) groups is 3. The van der Waals surface area contributed by atoms with Crippen molar-refractivity contribution in [2.24, 2.45) is 0 Å². The molecule has 0 aliphatic rings. The van der Waals surface area contributed by atoms with Gasteiger partial charge in [0.1, 0.15) is 11.5 Å². The van der Waals surface area contributed by atoms with Crippen molar-refractivity contribution in [2.45, 2.75) is 19.3 Å². The number of ether oxygens (including phenoxy) is 5.